The molecular formula is C16H18N2. The second-order valence-corrected chi connectivity index (χ2v) is 5.07. The van der Waals surface area contributed by atoms with Crippen molar-refractivity contribution in [1.29, 1.82) is 0 Å². The van der Waals surface area contributed by atoms with Crippen molar-refractivity contribution in [3.8, 4) is 0 Å². The lowest BCUT2D eigenvalue weighted by Gasteiger charge is -2.31. The quantitative estimate of drug-likeness (QED) is 0.750. The van der Waals surface area contributed by atoms with Crippen LogP contribution in [0.5, 0.6) is 0 Å². The fourth-order valence-electron chi connectivity index (χ4n) is 2.73. The molecule has 1 heterocycles. The van der Waals surface area contributed by atoms with Crippen LogP contribution in [-0.4, -0.2) is 6.04 Å². The Morgan fingerprint density at radius 3 is 2.56 bits per heavy atom. The molecule has 0 fully saturated rings. The molecule has 1 aliphatic heterocycles. The molecule has 0 radical (unpaired) electrons. The first-order valence-electron chi connectivity index (χ1n) is 6.43. The molecule has 2 heteroatoms. The van der Waals surface area contributed by atoms with E-state index >= 15 is 0 Å². The predicted octanol–water partition coefficient (Wildman–Crippen LogP) is 2.89. The van der Waals surface area contributed by atoms with Gasteiger partial charge in [-0.2, -0.15) is 0 Å². The van der Waals surface area contributed by atoms with E-state index < -0.39 is 0 Å². The Labute approximate surface area is 108 Å². The number of nitrogen functional groups attached to an aromatic ring is 1. The summed E-state index contributed by atoms with van der Waals surface area (Å²) in [6.07, 6.45) is 1.10. The number of hydrogen-bond donors (Lipinski definition) is 2. The average molecular weight is 238 g/mol. The lowest BCUT2D eigenvalue weighted by Crippen LogP contribution is -2.37. The first kappa shape index (κ1) is 11.3. The maximum Gasteiger partial charge on any atom is 0.0581 e. The van der Waals surface area contributed by atoms with E-state index in [4.69, 9.17) is 5.73 Å². The monoisotopic (exact) mass is 238 g/mol. The van der Waals surface area contributed by atoms with Crippen molar-refractivity contribution < 1.29 is 0 Å². The fraction of sp³-hybridized carbons (Fsp3) is 0.250. The van der Waals surface area contributed by atoms with Crippen molar-refractivity contribution in [2.75, 3.05) is 5.73 Å². The molecular weight excluding hydrogens is 220 g/mol. The standard InChI is InChI=1S/C16H18N2/c1-11-10-13-4-2-3-5-15(13)16(18-11)12-6-8-14(17)9-7-12/h2-9,11,16,18H,10,17H2,1H3. The van der Waals surface area contributed by atoms with Gasteiger partial charge < -0.3 is 11.1 Å². The Hall–Kier alpha value is -1.80. The normalized spacial score (nSPS) is 22.5. The van der Waals surface area contributed by atoms with Crippen molar-refractivity contribution in [3.63, 3.8) is 0 Å². The van der Waals surface area contributed by atoms with Gasteiger partial charge in [-0.3, -0.25) is 0 Å². The minimum absolute atomic E-state index is 0.283. The van der Waals surface area contributed by atoms with Crippen molar-refractivity contribution in [3.05, 3.63) is 65.2 Å². The van der Waals surface area contributed by atoms with Crippen LogP contribution in [-0.2, 0) is 6.42 Å². The highest BCUT2D eigenvalue weighted by Crippen LogP contribution is 2.30. The van der Waals surface area contributed by atoms with Gasteiger partial charge in [-0.1, -0.05) is 36.4 Å². The number of nitrogens with one attached hydrogen (secondary N) is 1. The number of benzene rings is 2. The van der Waals surface area contributed by atoms with Gasteiger partial charge in [0, 0.05) is 11.7 Å². The van der Waals surface area contributed by atoms with Crippen LogP contribution in [0.2, 0.25) is 0 Å². The molecule has 3 rings (SSSR count). The van der Waals surface area contributed by atoms with Gasteiger partial charge in [-0.15, -0.1) is 0 Å². The molecule has 92 valence electrons. The van der Waals surface area contributed by atoms with Crippen molar-refractivity contribution >= 4 is 5.69 Å². The van der Waals surface area contributed by atoms with E-state index in [0.29, 0.717) is 6.04 Å². The van der Waals surface area contributed by atoms with Gasteiger partial charge in [-0.05, 0) is 42.2 Å². The lowest BCUT2D eigenvalue weighted by molar-refractivity contribution is 0.464. The molecule has 0 aliphatic carbocycles. The summed E-state index contributed by atoms with van der Waals surface area (Å²) in [5.74, 6) is 0. The summed E-state index contributed by atoms with van der Waals surface area (Å²) in [6.45, 7) is 2.24. The number of rotatable bonds is 1. The summed E-state index contributed by atoms with van der Waals surface area (Å²) in [5.41, 5.74) is 10.7. The third-order valence-corrected chi connectivity index (χ3v) is 3.61. The van der Waals surface area contributed by atoms with Crippen LogP contribution in [0, 0.1) is 0 Å². The zero-order valence-corrected chi connectivity index (χ0v) is 10.6. The fourth-order valence-corrected chi connectivity index (χ4v) is 2.73. The maximum absolute atomic E-state index is 5.76. The Bertz CT molecular complexity index is 545. The highest BCUT2D eigenvalue weighted by molar-refractivity contribution is 5.45. The molecule has 0 saturated carbocycles. The minimum atomic E-state index is 0.283. The first-order chi connectivity index (χ1) is 8.74. The number of hydrogen-bond acceptors (Lipinski definition) is 2. The SMILES string of the molecule is CC1Cc2ccccc2C(c2ccc(N)cc2)N1. The smallest absolute Gasteiger partial charge is 0.0581 e. The average Bonchev–Trinajstić information content (AvgIpc) is 2.38. The zero-order chi connectivity index (χ0) is 12.5. The number of fused-ring (bicyclic) bond motifs is 1. The molecule has 18 heavy (non-hydrogen) atoms. The van der Waals surface area contributed by atoms with Gasteiger partial charge in [0.25, 0.3) is 0 Å². The van der Waals surface area contributed by atoms with Crippen LogP contribution in [0.25, 0.3) is 0 Å². The summed E-state index contributed by atoms with van der Waals surface area (Å²) in [4.78, 5) is 0. The van der Waals surface area contributed by atoms with Crippen molar-refractivity contribution in [2.45, 2.75) is 25.4 Å². The first-order valence-corrected chi connectivity index (χ1v) is 6.43. The number of nitrogens with two attached hydrogens (primary N) is 1. The maximum atomic E-state index is 5.76. The third kappa shape index (κ3) is 2.00. The summed E-state index contributed by atoms with van der Waals surface area (Å²) in [7, 11) is 0. The zero-order valence-electron chi connectivity index (χ0n) is 10.6. The molecule has 2 atom stereocenters. The second-order valence-electron chi connectivity index (χ2n) is 5.07. The van der Waals surface area contributed by atoms with Crippen LogP contribution >= 0.6 is 0 Å². The Morgan fingerprint density at radius 2 is 1.78 bits per heavy atom. The third-order valence-electron chi connectivity index (χ3n) is 3.61. The molecule has 0 amide bonds. The highest BCUT2D eigenvalue weighted by Gasteiger charge is 2.24. The van der Waals surface area contributed by atoms with Gasteiger partial charge in [0.05, 0.1) is 6.04 Å². The van der Waals surface area contributed by atoms with Crippen LogP contribution < -0.4 is 11.1 Å². The molecule has 3 N–H and O–H groups in total. The highest BCUT2D eigenvalue weighted by atomic mass is 15.0. The van der Waals surface area contributed by atoms with Crippen LogP contribution in [0.4, 0.5) is 5.69 Å². The molecule has 0 spiro atoms. The Morgan fingerprint density at radius 1 is 1.06 bits per heavy atom. The molecule has 2 nitrogen and oxygen atoms in total. The van der Waals surface area contributed by atoms with Gasteiger partial charge in [0.1, 0.15) is 0 Å². The molecule has 0 bridgehead atoms. The predicted molar refractivity (Wildman–Crippen MR) is 75.4 cm³/mol. The topological polar surface area (TPSA) is 38.0 Å². The summed E-state index contributed by atoms with van der Waals surface area (Å²) < 4.78 is 0. The number of anilines is 1. The minimum Gasteiger partial charge on any atom is -0.399 e. The lowest BCUT2D eigenvalue weighted by atomic mass is 9.87. The Kier molecular flexibility index (Phi) is 2.80. The molecule has 2 aromatic carbocycles. The largest absolute Gasteiger partial charge is 0.399 e. The van der Waals surface area contributed by atoms with Crippen LogP contribution in [0.15, 0.2) is 48.5 Å². The van der Waals surface area contributed by atoms with Crippen molar-refractivity contribution in [2.24, 2.45) is 0 Å². The molecule has 2 aromatic rings. The summed E-state index contributed by atoms with van der Waals surface area (Å²) >= 11 is 0. The molecule has 1 aliphatic rings. The molecule has 0 saturated heterocycles. The van der Waals surface area contributed by atoms with Gasteiger partial charge in [0.15, 0.2) is 0 Å². The van der Waals surface area contributed by atoms with Gasteiger partial charge in [-0.25, -0.2) is 0 Å². The van der Waals surface area contributed by atoms with Crippen LogP contribution in [0.3, 0.4) is 0 Å². The van der Waals surface area contributed by atoms with Gasteiger partial charge in [0.2, 0.25) is 0 Å². The second kappa shape index (κ2) is 4.46. The molecule has 2 unspecified atom stereocenters. The van der Waals surface area contributed by atoms with Gasteiger partial charge >= 0.3 is 0 Å². The van der Waals surface area contributed by atoms with E-state index in [-0.39, 0.29) is 6.04 Å². The summed E-state index contributed by atoms with van der Waals surface area (Å²) in [5, 5.41) is 3.67. The van der Waals surface area contributed by atoms with E-state index in [1.54, 1.807) is 0 Å². The van der Waals surface area contributed by atoms with Crippen LogP contribution in [0.1, 0.15) is 29.7 Å². The van der Waals surface area contributed by atoms with E-state index in [1.807, 2.05) is 12.1 Å². The van der Waals surface area contributed by atoms with E-state index in [9.17, 15) is 0 Å². The van der Waals surface area contributed by atoms with Crippen molar-refractivity contribution in [1.82, 2.24) is 5.32 Å². The van der Waals surface area contributed by atoms with E-state index in [2.05, 4.69) is 48.6 Å². The summed E-state index contributed by atoms with van der Waals surface area (Å²) in [6, 6.07) is 17.6. The van der Waals surface area contributed by atoms with E-state index in [1.165, 1.54) is 16.7 Å². The molecule has 0 aromatic heterocycles. The van der Waals surface area contributed by atoms with E-state index in [0.717, 1.165) is 12.1 Å². The Balaban J connectivity index is 2.04.